The molecular weight excluding hydrogens is 230 g/mol. The number of pyridine rings is 1. The monoisotopic (exact) mass is 249 g/mol. The average molecular weight is 249 g/mol. The average Bonchev–Trinajstić information content (AvgIpc) is 2.68. The number of hydrogen-bond acceptors (Lipinski definition) is 4. The smallest absolute Gasteiger partial charge is 0.257 e. The van der Waals surface area contributed by atoms with Crippen LogP contribution >= 0.6 is 0 Å². The van der Waals surface area contributed by atoms with Gasteiger partial charge in [-0.3, -0.25) is 4.79 Å². The van der Waals surface area contributed by atoms with Crippen LogP contribution in [0.4, 0.5) is 5.82 Å². The third-order valence-corrected chi connectivity index (χ3v) is 2.89. The first kappa shape index (κ1) is 12.8. The fourth-order valence-corrected chi connectivity index (χ4v) is 2.01. The summed E-state index contributed by atoms with van der Waals surface area (Å²) in [5, 5.41) is 3.12. The number of nitrogens with one attached hydrogen (secondary N) is 1. The summed E-state index contributed by atoms with van der Waals surface area (Å²) in [6, 6.07) is 3.61. The van der Waals surface area contributed by atoms with E-state index in [1.165, 1.54) is 0 Å². The van der Waals surface area contributed by atoms with Crippen molar-refractivity contribution in [2.45, 2.75) is 13.3 Å². The van der Waals surface area contributed by atoms with Crippen LogP contribution in [0, 0.1) is 0 Å². The number of hydrogen-bond donors (Lipinski definition) is 1. The molecule has 5 nitrogen and oxygen atoms in total. The first-order chi connectivity index (χ1) is 8.83. The molecule has 2 rings (SSSR count). The summed E-state index contributed by atoms with van der Waals surface area (Å²) in [5.74, 6) is 0.694. The van der Waals surface area contributed by atoms with Crippen molar-refractivity contribution in [1.29, 1.82) is 0 Å². The third kappa shape index (κ3) is 2.98. The van der Waals surface area contributed by atoms with Crippen molar-refractivity contribution < 1.29 is 9.53 Å². The first-order valence-electron chi connectivity index (χ1n) is 6.39. The summed E-state index contributed by atoms with van der Waals surface area (Å²) in [7, 11) is 0. The molecule has 0 radical (unpaired) electrons. The molecule has 0 unspecified atom stereocenters. The second-order valence-electron chi connectivity index (χ2n) is 4.19. The molecule has 1 aliphatic rings. The molecule has 2 heterocycles. The van der Waals surface area contributed by atoms with Crippen molar-refractivity contribution in [2.24, 2.45) is 0 Å². The second kappa shape index (κ2) is 6.35. The molecule has 1 aromatic heterocycles. The lowest BCUT2D eigenvalue weighted by Crippen LogP contribution is -2.33. The van der Waals surface area contributed by atoms with Crippen LogP contribution in [0.1, 0.15) is 23.7 Å². The number of rotatable bonds is 3. The van der Waals surface area contributed by atoms with Crippen molar-refractivity contribution in [3.05, 3.63) is 23.9 Å². The Kier molecular flexibility index (Phi) is 4.52. The van der Waals surface area contributed by atoms with E-state index in [4.69, 9.17) is 4.74 Å². The van der Waals surface area contributed by atoms with Gasteiger partial charge in [-0.15, -0.1) is 0 Å². The number of carbonyl (C=O) groups is 1. The number of aromatic nitrogens is 1. The van der Waals surface area contributed by atoms with Gasteiger partial charge in [0, 0.05) is 32.4 Å². The highest BCUT2D eigenvalue weighted by Gasteiger charge is 2.20. The van der Waals surface area contributed by atoms with Gasteiger partial charge in [0.2, 0.25) is 0 Å². The molecule has 5 heteroatoms. The van der Waals surface area contributed by atoms with Gasteiger partial charge in [0.1, 0.15) is 5.82 Å². The molecule has 1 saturated heterocycles. The molecule has 0 bridgehead atoms. The summed E-state index contributed by atoms with van der Waals surface area (Å²) in [6.07, 6.45) is 2.59. The van der Waals surface area contributed by atoms with Gasteiger partial charge in [-0.05, 0) is 25.5 Å². The minimum Gasteiger partial charge on any atom is -0.380 e. The van der Waals surface area contributed by atoms with Crippen LogP contribution in [0.5, 0.6) is 0 Å². The lowest BCUT2D eigenvalue weighted by molar-refractivity contribution is 0.0742. The zero-order chi connectivity index (χ0) is 12.8. The number of carbonyl (C=O) groups excluding carboxylic acids is 1. The Labute approximate surface area is 107 Å². The van der Waals surface area contributed by atoms with Crippen LogP contribution in [-0.2, 0) is 4.74 Å². The summed E-state index contributed by atoms with van der Waals surface area (Å²) < 4.78 is 5.36. The van der Waals surface area contributed by atoms with E-state index in [9.17, 15) is 4.79 Å². The van der Waals surface area contributed by atoms with Crippen LogP contribution in [0.25, 0.3) is 0 Å². The highest BCUT2D eigenvalue weighted by atomic mass is 16.5. The van der Waals surface area contributed by atoms with Gasteiger partial charge in [-0.25, -0.2) is 4.98 Å². The van der Waals surface area contributed by atoms with Crippen LogP contribution in [0.2, 0.25) is 0 Å². The van der Waals surface area contributed by atoms with Crippen molar-refractivity contribution in [2.75, 3.05) is 38.2 Å². The lowest BCUT2D eigenvalue weighted by Gasteiger charge is -2.20. The Morgan fingerprint density at radius 2 is 2.39 bits per heavy atom. The van der Waals surface area contributed by atoms with Crippen LogP contribution < -0.4 is 5.32 Å². The molecule has 0 aromatic carbocycles. The summed E-state index contributed by atoms with van der Waals surface area (Å²) >= 11 is 0. The topological polar surface area (TPSA) is 54.5 Å². The summed E-state index contributed by atoms with van der Waals surface area (Å²) in [4.78, 5) is 18.5. The van der Waals surface area contributed by atoms with E-state index in [1.54, 1.807) is 12.3 Å². The zero-order valence-corrected chi connectivity index (χ0v) is 10.7. The van der Waals surface area contributed by atoms with Gasteiger partial charge in [0.05, 0.1) is 12.2 Å². The van der Waals surface area contributed by atoms with E-state index in [0.29, 0.717) is 24.5 Å². The Hall–Kier alpha value is -1.62. The van der Waals surface area contributed by atoms with Crippen LogP contribution in [0.15, 0.2) is 18.3 Å². The van der Waals surface area contributed by atoms with E-state index >= 15 is 0 Å². The minimum absolute atomic E-state index is 0.0320. The van der Waals surface area contributed by atoms with Gasteiger partial charge in [0.15, 0.2) is 0 Å². The maximum absolute atomic E-state index is 12.4. The number of nitrogens with zero attached hydrogens (tertiary/aromatic N) is 2. The molecule has 18 heavy (non-hydrogen) atoms. The fraction of sp³-hybridized carbons (Fsp3) is 0.538. The molecule has 1 aliphatic heterocycles. The fourth-order valence-electron chi connectivity index (χ4n) is 2.01. The first-order valence-corrected chi connectivity index (χ1v) is 6.39. The van der Waals surface area contributed by atoms with Crippen LogP contribution in [0.3, 0.4) is 0 Å². The lowest BCUT2D eigenvalue weighted by atomic mass is 10.2. The molecule has 0 spiro atoms. The van der Waals surface area contributed by atoms with Gasteiger partial charge >= 0.3 is 0 Å². The maximum Gasteiger partial charge on any atom is 0.257 e. The molecule has 0 atom stereocenters. The Morgan fingerprint density at radius 1 is 1.50 bits per heavy atom. The van der Waals surface area contributed by atoms with Crippen molar-refractivity contribution in [1.82, 2.24) is 9.88 Å². The van der Waals surface area contributed by atoms with E-state index in [0.717, 1.165) is 26.1 Å². The predicted octanol–water partition coefficient (Wildman–Crippen LogP) is 1.38. The highest BCUT2D eigenvalue weighted by Crippen LogP contribution is 2.15. The Balaban J connectivity index is 2.16. The van der Waals surface area contributed by atoms with Crippen molar-refractivity contribution in [3.63, 3.8) is 0 Å². The normalized spacial score (nSPS) is 16.2. The van der Waals surface area contributed by atoms with E-state index < -0.39 is 0 Å². The predicted molar refractivity (Wildman–Crippen MR) is 69.7 cm³/mol. The molecule has 1 N–H and O–H groups in total. The van der Waals surface area contributed by atoms with Gasteiger partial charge in [-0.2, -0.15) is 0 Å². The minimum atomic E-state index is 0.0320. The molecule has 0 aliphatic carbocycles. The largest absolute Gasteiger partial charge is 0.380 e. The molecular formula is C13H19N3O2. The van der Waals surface area contributed by atoms with Crippen molar-refractivity contribution >= 4 is 11.7 Å². The molecule has 1 amide bonds. The van der Waals surface area contributed by atoms with Crippen molar-refractivity contribution in [3.8, 4) is 0 Å². The standard InChI is InChI=1S/C13H19N3O2/c1-2-14-12-11(5-3-6-15-12)13(17)16-7-4-9-18-10-8-16/h3,5-6H,2,4,7-10H2,1H3,(H,14,15). The van der Waals surface area contributed by atoms with Gasteiger partial charge in [-0.1, -0.05) is 0 Å². The quantitative estimate of drug-likeness (QED) is 0.879. The van der Waals surface area contributed by atoms with E-state index in [1.807, 2.05) is 17.9 Å². The highest BCUT2D eigenvalue weighted by molar-refractivity contribution is 5.98. The van der Waals surface area contributed by atoms with Gasteiger partial charge in [0.25, 0.3) is 5.91 Å². The van der Waals surface area contributed by atoms with Crippen LogP contribution in [-0.4, -0.2) is 48.6 Å². The maximum atomic E-state index is 12.4. The molecule has 0 saturated carbocycles. The Bertz CT molecular complexity index is 401. The summed E-state index contributed by atoms with van der Waals surface area (Å²) in [5.41, 5.74) is 0.640. The van der Waals surface area contributed by atoms with E-state index in [2.05, 4.69) is 10.3 Å². The summed E-state index contributed by atoms with van der Waals surface area (Å²) in [6.45, 7) is 5.49. The van der Waals surface area contributed by atoms with Gasteiger partial charge < -0.3 is 15.0 Å². The second-order valence-corrected chi connectivity index (χ2v) is 4.19. The van der Waals surface area contributed by atoms with E-state index in [-0.39, 0.29) is 5.91 Å². The molecule has 1 fully saturated rings. The zero-order valence-electron chi connectivity index (χ0n) is 10.7. The number of anilines is 1. The third-order valence-electron chi connectivity index (χ3n) is 2.89. The Morgan fingerprint density at radius 3 is 3.22 bits per heavy atom. The molecule has 1 aromatic rings. The SMILES string of the molecule is CCNc1ncccc1C(=O)N1CCCOCC1. The number of amides is 1. The molecule has 98 valence electrons. The number of ether oxygens (including phenoxy) is 1.